The van der Waals surface area contributed by atoms with Crippen molar-refractivity contribution in [3.63, 3.8) is 0 Å². The standard InChI is InChI=1S/C18H19ClN2O2S/c1-12-6-5-7-14(10-12)20-17(22)11-24-13(2)18(23)21-16-9-4-3-8-15(16)19/h3-10,13H,11H2,1-2H3,(H,20,22)(H,21,23). The first-order valence-corrected chi connectivity index (χ1v) is 8.92. The van der Waals surface area contributed by atoms with Crippen LogP contribution in [0.2, 0.25) is 5.02 Å². The van der Waals surface area contributed by atoms with Gasteiger partial charge in [0.05, 0.1) is 21.7 Å². The van der Waals surface area contributed by atoms with Crippen molar-refractivity contribution in [2.45, 2.75) is 19.1 Å². The number of nitrogens with one attached hydrogen (secondary N) is 2. The lowest BCUT2D eigenvalue weighted by atomic mass is 10.2. The van der Waals surface area contributed by atoms with Gasteiger partial charge >= 0.3 is 0 Å². The van der Waals surface area contributed by atoms with E-state index < -0.39 is 0 Å². The predicted molar refractivity (Wildman–Crippen MR) is 102 cm³/mol. The Morgan fingerprint density at radius 2 is 1.88 bits per heavy atom. The molecule has 1 atom stereocenters. The minimum Gasteiger partial charge on any atom is -0.325 e. The fourth-order valence-corrected chi connectivity index (χ4v) is 2.86. The van der Waals surface area contributed by atoms with Crippen LogP contribution in [0.25, 0.3) is 0 Å². The zero-order chi connectivity index (χ0) is 17.5. The summed E-state index contributed by atoms with van der Waals surface area (Å²) in [4.78, 5) is 24.1. The van der Waals surface area contributed by atoms with Gasteiger partial charge in [0, 0.05) is 5.69 Å². The van der Waals surface area contributed by atoms with Crippen LogP contribution in [0.1, 0.15) is 12.5 Å². The highest BCUT2D eigenvalue weighted by atomic mass is 35.5. The maximum absolute atomic E-state index is 12.2. The van der Waals surface area contributed by atoms with Crippen LogP contribution in [0.4, 0.5) is 11.4 Å². The van der Waals surface area contributed by atoms with Crippen molar-refractivity contribution in [1.29, 1.82) is 0 Å². The predicted octanol–water partition coefficient (Wildman–Crippen LogP) is 4.35. The summed E-state index contributed by atoms with van der Waals surface area (Å²) >= 11 is 7.29. The molecule has 0 spiro atoms. The fourth-order valence-electron chi connectivity index (χ4n) is 1.99. The number of hydrogen-bond acceptors (Lipinski definition) is 3. The van der Waals surface area contributed by atoms with E-state index in [1.807, 2.05) is 31.2 Å². The van der Waals surface area contributed by atoms with Gasteiger partial charge in [-0.1, -0.05) is 35.9 Å². The second-order valence-corrected chi connectivity index (χ2v) is 7.08. The third-order valence-corrected chi connectivity index (χ3v) is 4.74. The van der Waals surface area contributed by atoms with E-state index in [0.29, 0.717) is 10.7 Å². The van der Waals surface area contributed by atoms with Crippen molar-refractivity contribution in [3.05, 3.63) is 59.1 Å². The summed E-state index contributed by atoms with van der Waals surface area (Å²) in [6.45, 7) is 3.72. The lowest BCUT2D eigenvalue weighted by Crippen LogP contribution is -2.25. The topological polar surface area (TPSA) is 58.2 Å². The van der Waals surface area contributed by atoms with Crippen molar-refractivity contribution >= 4 is 46.6 Å². The fraction of sp³-hybridized carbons (Fsp3) is 0.222. The minimum absolute atomic E-state index is 0.136. The molecule has 0 saturated carbocycles. The first-order chi connectivity index (χ1) is 11.5. The van der Waals surface area contributed by atoms with E-state index >= 15 is 0 Å². The molecule has 0 aliphatic heterocycles. The lowest BCUT2D eigenvalue weighted by molar-refractivity contribution is -0.115. The summed E-state index contributed by atoms with van der Waals surface area (Å²) < 4.78 is 0. The Bertz CT molecular complexity index is 736. The van der Waals surface area contributed by atoms with Gasteiger partial charge in [0.1, 0.15) is 0 Å². The largest absolute Gasteiger partial charge is 0.325 e. The molecule has 4 nitrogen and oxygen atoms in total. The van der Waals surface area contributed by atoms with Crippen LogP contribution >= 0.6 is 23.4 Å². The molecule has 0 heterocycles. The summed E-state index contributed by atoms with van der Waals surface area (Å²) in [7, 11) is 0. The van der Waals surface area contributed by atoms with Crippen LogP contribution in [0.5, 0.6) is 0 Å². The Morgan fingerprint density at radius 1 is 1.12 bits per heavy atom. The number of para-hydroxylation sites is 1. The Balaban J connectivity index is 1.81. The number of aryl methyl sites for hydroxylation is 1. The molecular weight excluding hydrogens is 344 g/mol. The summed E-state index contributed by atoms with van der Waals surface area (Å²) in [6.07, 6.45) is 0. The van der Waals surface area contributed by atoms with E-state index in [4.69, 9.17) is 11.6 Å². The molecule has 2 N–H and O–H groups in total. The van der Waals surface area contributed by atoms with E-state index in [0.717, 1.165) is 11.3 Å². The zero-order valence-electron chi connectivity index (χ0n) is 13.5. The summed E-state index contributed by atoms with van der Waals surface area (Å²) in [6, 6.07) is 14.6. The number of rotatable bonds is 6. The third-order valence-electron chi connectivity index (χ3n) is 3.27. The van der Waals surface area contributed by atoms with E-state index in [1.165, 1.54) is 11.8 Å². The smallest absolute Gasteiger partial charge is 0.237 e. The van der Waals surface area contributed by atoms with Gasteiger partial charge in [-0.15, -0.1) is 11.8 Å². The van der Waals surface area contributed by atoms with Crippen molar-refractivity contribution < 1.29 is 9.59 Å². The minimum atomic E-state index is -0.371. The van der Waals surface area contributed by atoms with Crippen LogP contribution < -0.4 is 10.6 Å². The van der Waals surface area contributed by atoms with Gasteiger partial charge in [-0.2, -0.15) is 0 Å². The van der Waals surface area contributed by atoms with Crippen molar-refractivity contribution in [1.82, 2.24) is 0 Å². The van der Waals surface area contributed by atoms with Gasteiger partial charge in [0.2, 0.25) is 11.8 Å². The molecule has 2 aromatic carbocycles. The summed E-state index contributed by atoms with van der Waals surface area (Å²) in [5, 5.41) is 5.71. The Labute approximate surface area is 151 Å². The number of amides is 2. The number of carbonyl (C=O) groups excluding carboxylic acids is 2. The highest BCUT2D eigenvalue weighted by molar-refractivity contribution is 8.01. The zero-order valence-corrected chi connectivity index (χ0v) is 15.1. The van der Waals surface area contributed by atoms with Crippen molar-refractivity contribution in [2.75, 3.05) is 16.4 Å². The normalized spacial score (nSPS) is 11.6. The van der Waals surface area contributed by atoms with Crippen LogP contribution in [0.15, 0.2) is 48.5 Å². The first kappa shape index (κ1) is 18.4. The molecule has 24 heavy (non-hydrogen) atoms. The molecule has 0 aliphatic carbocycles. The molecule has 6 heteroatoms. The van der Waals surface area contributed by atoms with E-state index in [1.54, 1.807) is 31.2 Å². The Kier molecular flexibility index (Phi) is 6.70. The summed E-state index contributed by atoms with van der Waals surface area (Å²) in [5.74, 6) is -0.120. The maximum Gasteiger partial charge on any atom is 0.237 e. The van der Waals surface area contributed by atoms with Gasteiger partial charge in [-0.05, 0) is 43.7 Å². The maximum atomic E-state index is 12.2. The van der Waals surface area contributed by atoms with Gasteiger partial charge in [-0.3, -0.25) is 9.59 Å². The third kappa shape index (κ3) is 5.58. The van der Waals surface area contributed by atoms with Gasteiger partial charge < -0.3 is 10.6 Å². The molecule has 2 amide bonds. The molecule has 1 unspecified atom stereocenters. The second-order valence-electron chi connectivity index (χ2n) is 5.34. The molecule has 0 aliphatic rings. The number of thioether (sulfide) groups is 1. The molecule has 0 aromatic heterocycles. The van der Waals surface area contributed by atoms with Crippen LogP contribution in [-0.4, -0.2) is 22.8 Å². The van der Waals surface area contributed by atoms with Gasteiger partial charge in [0.15, 0.2) is 0 Å². The number of anilines is 2. The molecule has 0 bridgehead atoms. The van der Waals surface area contributed by atoms with Crippen LogP contribution in [0.3, 0.4) is 0 Å². The molecule has 2 aromatic rings. The molecule has 126 valence electrons. The SMILES string of the molecule is Cc1cccc(NC(=O)CSC(C)C(=O)Nc2ccccc2Cl)c1. The highest BCUT2D eigenvalue weighted by Gasteiger charge is 2.16. The van der Waals surface area contributed by atoms with Crippen molar-refractivity contribution in [2.24, 2.45) is 0 Å². The number of hydrogen-bond donors (Lipinski definition) is 2. The molecule has 0 saturated heterocycles. The Morgan fingerprint density at radius 3 is 2.58 bits per heavy atom. The molecular formula is C18H19ClN2O2S. The average molecular weight is 363 g/mol. The van der Waals surface area contributed by atoms with E-state index in [9.17, 15) is 9.59 Å². The lowest BCUT2D eigenvalue weighted by Gasteiger charge is -2.13. The number of carbonyl (C=O) groups is 2. The average Bonchev–Trinajstić information content (AvgIpc) is 2.54. The van der Waals surface area contributed by atoms with Crippen LogP contribution in [0, 0.1) is 6.92 Å². The summed E-state index contributed by atoms with van der Waals surface area (Å²) in [5.41, 5.74) is 2.41. The first-order valence-electron chi connectivity index (χ1n) is 7.49. The van der Waals surface area contributed by atoms with E-state index in [-0.39, 0.29) is 22.8 Å². The highest BCUT2D eigenvalue weighted by Crippen LogP contribution is 2.22. The molecule has 0 fully saturated rings. The van der Waals surface area contributed by atoms with Gasteiger partial charge in [0.25, 0.3) is 0 Å². The quantitative estimate of drug-likeness (QED) is 0.803. The Hall–Kier alpha value is -1.98. The molecule has 2 rings (SSSR count). The van der Waals surface area contributed by atoms with Crippen molar-refractivity contribution in [3.8, 4) is 0 Å². The van der Waals surface area contributed by atoms with E-state index in [2.05, 4.69) is 10.6 Å². The monoisotopic (exact) mass is 362 g/mol. The van der Waals surface area contributed by atoms with Crippen LogP contribution in [-0.2, 0) is 9.59 Å². The second kappa shape index (κ2) is 8.76. The molecule has 0 radical (unpaired) electrons. The number of benzene rings is 2. The number of halogens is 1. The van der Waals surface area contributed by atoms with Gasteiger partial charge in [-0.25, -0.2) is 0 Å².